The summed E-state index contributed by atoms with van der Waals surface area (Å²) in [7, 11) is 0. The van der Waals surface area contributed by atoms with Crippen molar-refractivity contribution < 1.29 is 0 Å². The Morgan fingerprint density at radius 2 is 2.06 bits per heavy atom. The molecule has 89 valence electrons. The van der Waals surface area contributed by atoms with Gasteiger partial charge in [0, 0.05) is 11.7 Å². The summed E-state index contributed by atoms with van der Waals surface area (Å²) in [6.07, 6.45) is 9.05. The summed E-state index contributed by atoms with van der Waals surface area (Å²) in [6.45, 7) is 4.42. The molecule has 0 aromatic heterocycles. The van der Waals surface area contributed by atoms with Crippen molar-refractivity contribution in [1.82, 2.24) is 0 Å². The molecule has 16 heavy (non-hydrogen) atoms. The first kappa shape index (κ1) is 11.7. The smallest absolute Gasteiger partial charge is 0.0303 e. The van der Waals surface area contributed by atoms with E-state index in [0.29, 0.717) is 17.9 Å². The minimum absolute atomic E-state index is 0.397. The van der Waals surface area contributed by atoms with Gasteiger partial charge in [-0.25, -0.2) is 0 Å². The summed E-state index contributed by atoms with van der Waals surface area (Å²) in [6, 6.07) is 0.397. The van der Waals surface area contributed by atoms with Crippen LogP contribution in [0.3, 0.4) is 0 Å². The molecular weight excluding hydrogens is 196 g/mol. The van der Waals surface area contributed by atoms with Gasteiger partial charge in [-0.3, -0.25) is 0 Å². The van der Waals surface area contributed by atoms with E-state index >= 15 is 0 Å². The minimum Gasteiger partial charge on any atom is -0.399 e. The normalized spacial score (nSPS) is 36.2. The molecule has 2 nitrogen and oxygen atoms in total. The van der Waals surface area contributed by atoms with Crippen LogP contribution in [0.25, 0.3) is 0 Å². The fourth-order valence-electron chi connectivity index (χ4n) is 2.96. The highest BCUT2D eigenvalue weighted by Crippen LogP contribution is 2.38. The van der Waals surface area contributed by atoms with E-state index in [1.165, 1.54) is 24.0 Å². The molecule has 0 saturated heterocycles. The van der Waals surface area contributed by atoms with Gasteiger partial charge in [0.15, 0.2) is 0 Å². The first-order valence-corrected chi connectivity index (χ1v) is 6.35. The fourth-order valence-corrected chi connectivity index (χ4v) is 2.96. The largest absolute Gasteiger partial charge is 0.399 e. The van der Waals surface area contributed by atoms with Crippen LogP contribution in [-0.4, -0.2) is 6.04 Å². The van der Waals surface area contributed by atoms with Crippen LogP contribution in [-0.2, 0) is 0 Å². The van der Waals surface area contributed by atoms with Crippen LogP contribution in [0.1, 0.15) is 39.5 Å². The first-order valence-electron chi connectivity index (χ1n) is 6.35. The van der Waals surface area contributed by atoms with Crippen LogP contribution in [0.4, 0.5) is 0 Å². The van der Waals surface area contributed by atoms with E-state index in [2.05, 4.69) is 26.3 Å². The maximum atomic E-state index is 6.07. The van der Waals surface area contributed by atoms with Crippen LogP contribution in [0.15, 0.2) is 22.9 Å². The number of hydrogen-bond donors (Lipinski definition) is 2. The summed E-state index contributed by atoms with van der Waals surface area (Å²) >= 11 is 0. The van der Waals surface area contributed by atoms with Crippen molar-refractivity contribution in [3.63, 3.8) is 0 Å². The monoisotopic (exact) mass is 219 g/mol. The van der Waals surface area contributed by atoms with E-state index in [4.69, 9.17) is 11.5 Å². The molecule has 0 aromatic rings. The SMILES string of the molecule is CC1=C(C2CCC(N)C(C)C2)[CH]CC=C1N. The molecule has 3 unspecified atom stereocenters. The molecule has 1 fully saturated rings. The zero-order valence-electron chi connectivity index (χ0n) is 10.4. The molecule has 0 spiro atoms. The molecule has 0 bridgehead atoms. The Morgan fingerprint density at radius 1 is 1.31 bits per heavy atom. The van der Waals surface area contributed by atoms with E-state index in [1.807, 2.05) is 0 Å². The van der Waals surface area contributed by atoms with Crippen molar-refractivity contribution in [3.05, 3.63) is 29.3 Å². The van der Waals surface area contributed by atoms with Gasteiger partial charge in [0.2, 0.25) is 0 Å². The summed E-state index contributed by atoms with van der Waals surface area (Å²) in [5.41, 5.74) is 15.8. The van der Waals surface area contributed by atoms with Gasteiger partial charge in [0.1, 0.15) is 0 Å². The highest BCUT2D eigenvalue weighted by molar-refractivity contribution is 5.41. The number of nitrogens with two attached hydrogens (primary N) is 2. The molecule has 2 aliphatic carbocycles. The summed E-state index contributed by atoms with van der Waals surface area (Å²) in [5.74, 6) is 1.32. The Morgan fingerprint density at radius 3 is 2.75 bits per heavy atom. The quantitative estimate of drug-likeness (QED) is 0.712. The summed E-state index contributed by atoms with van der Waals surface area (Å²) in [5, 5.41) is 0. The Labute approximate surface area is 98.8 Å². The molecule has 2 aliphatic rings. The molecule has 2 rings (SSSR count). The van der Waals surface area contributed by atoms with Crippen LogP contribution in [0.2, 0.25) is 0 Å². The minimum atomic E-state index is 0.397. The second-order valence-electron chi connectivity index (χ2n) is 5.33. The van der Waals surface area contributed by atoms with Crippen molar-refractivity contribution in [2.24, 2.45) is 23.3 Å². The van der Waals surface area contributed by atoms with Crippen molar-refractivity contribution in [3.8, 4) is 0 Å². The molecule has 0 aliphatic heterocycles. The Kier molecular flexibility index (Phi) is 3.38. The number of allylic oxidation sites excluding steroid dienone is 3. The lowest BCUT2D eigenvalue weighted by atomic mass is 9.73. The topological polar surface area (TPSA) is 52.0 Å². The molecule has 1 saturated carbocycles. The molecule has 4 N–H and O–H groups in total. The van der Waals surface area contributed by atoms with E-state index < -0.39 is 0 Å². The predicted octanol–water partition coefficient (Wildman–Crippen LogP) is 2.52. The average molecular weight is 219 g/mol. The third kappa shape index (κ3) is 2.17. The van der Waals surface area contributed by atoms with Gasteiger partial charge in [0.25, 0.3) is 0 Å². The van der Waals surface area contributed by atoms with Gasteiger partial charge in [-0.15, -0.1) is 0 Å². The summed E-state index contributed by atoms with van der Waals surface area (Å²) < 4.78 is 0. The average Bonchev–Trinajstić information content (AvgIpc) is 2.26. The fraction of sp³-hybridized carbons (Fsp3) is 0.643. The van der Waals surface area contributed by atoms with Crippen molar-refractivity contribution in [2.75, 3.05) is 0 Å². The zero-order valence-corrected chi connectivity index (χ0v) is 10.4. The van der Waals surface area contributed by atoms with E-state index in [0.717, 1.165) is 18.5 Å². The molecule has 0 aromatic carbocycles. The van der Waals surface area contributed by atoms with E-state index in [9.17, 15) is 0 Å². The molecular formula is C14H23N2. The lowest BCUT2D eigenvalue weighted by Crippen LogP contribution is -2.35. The van der Waals surface area contributed by atoms with Crippen LogP contribution in [0, 0.1) is 18.3 Å². The highest BCUT2D eigenvalue weighted by Gasteiger charge is 2.28. The van der Waals surface area contributed by atoms with Crippen molar-refractivity contribution >= 4 is 0 Å². The van der Waals surface area contributed by atoms with Crippen LogP contribution >= 0.6 is 0 Å². The zero-order chi connectivity index (χ0) is 11.7. The standard InChI is InChI=1S/C14H23N2/c1-9-8-11(6-7-13(9)15)12-4-3-5-14(16)10(12)2/h4-5,9,11,13H,3,6-8,15-16H2,1-2H3. The Bertz CT molecular complexity index is 328. The molecule has 1 radical (unpaired) electrons. The van der Waals surface area contributed by atoms with Gasteiger partial charge in [0.05, 0.1) is 0 Å². The lowest BCUT2D eigenvalue weighted by molar-refractivity contribution is 0.274. The van der Waals surface area contributed by atoms with Gasteiger partial charge < -0.3 is 11.5 Å². The van der Waals surface area contributed by atoms with Crippen molar-refractivity contribution in [2.45, 2.75) is 45.6 Å². The number of hydrogen-bond acceptors (Lipinski definition) is 2. The third-order valence-corrected chi connectivity index (χ3v) is 4.22. The second-order valence-corrected chi connectivity index (χ2v) is 5.33. The maximum Gasteiger partial charge on any atom is 0.0303 e. The molecule has 3 atom stereocenters. The maximum absolute atomic E-state index is 6.07. The second kappa shape index (κ2) is 4.62. The van der Waals surface area contributed by atoms with Gasteiger partial charge in [-0.05, 0) is 56.4 Å². The van der Waals surface area contributed by atoms with Crippen LogP contribution < -0.4 is 11.5 Å². The summed E-state index contributed by atoms with van der Waals surface area (Å²) in [4.78, 5) is 0. The van der Waals surface area contributed by atoms with E-state index in [1.54, 1.807) is 0 Å². The Balaban J connectivity index is 2.13. The molecule has 0 amide bonds. The Hall–Kier alpha value is -0.760. The van der Waals surface area contributed by atoms with Crippen molar-refractivity contribution in [1.29, 1.82) is 0 Å². The third-order valence-electron chi connectivity index (χ3n) is 4.22. The lowest BCUT2D eigenvalue weighted by Gasteiger charge is -2.35. The predicted molar refractivity (Wildman–Crippen MR) is 68.4 cm³/mol. The van der Waals surface area contributed by atoms with E-state index in [-0.39, 0.29) is 0 Å². The highest BCUT2D eigenvalue weighted by atomic mass is 14.7. The molecule has 2 heteroatoms. The van der Waals surface area contributed by atoms with Gasteiger partial charge >= 0.3 is 0 Å². The first-order chi connectivity index (χ1) is 7.59. The number of rotatable bonds is 1. The van der Waals surface area contributed by atoms with Gasteiger partial charge in [-0.2, -0.15) is 0 Å². The van der Waals surface area contributed by atoms with Gasteiger partial charge in [-0.1, -0.05) is 18.6 Å². The van der Waals surface area contributed by atoms with Crippen LogP contribution in [0.5, 0.6) is 0 Å². The molecule has 0 heterocycles.